The molecule has 4 nitrogen and oxygen atoms in total. The van der Waals surface area contributed by atoms with Gasteiger partial charge in [-0.3, -0.25) is 4.79 Å². The van der Waals surface area contributed by atoms with E-state index < -0.39 is 5.97 Å². The summed E-state index contributed by atoms with van der Waals surface area (Å²) < 4.78 is 5.73. The molecule has 0 bridgehead atoms. The van der Waals surface area contributed by atoms with Crippen LogP contribution in [-0.2, 0) is 11.2 Å². The van der Waals surface area contributed by atoms with Crippen LogP contribution in [0.25, 0.3) is 22.2 Å². The number of fused-ring (bicyclic) bond motifs is 1. The number of hydrogen-bond donors (Lipinski definition) is 2. The quantitative estimate of drug-likeness (QED) is 0.665. The van der Waals surface area contributed by atoms with Crippen molar-refractivity contribution in [3.8, 4) is 17.0 Å². The Morgan fingerprint density at radius 3 is 2.68 bits per heavy atom. The van der Waals surface area contributed by atoms with Crippen LogP contribution < -0.4 is 4.74 Å². The Bertz CT molecular complexity index is 959. The number of carbonyl (C=O) groups is 1. The first kappa shape index (κ1) is 17.4. The molecule has 25 heavy (non-hydrogen) atoms. The molecule has 3 rings (SSSR count). The third kappa shape index (κ3) is 3.35. The number of rotatable bonds is 5. The highest BCUT2D eigenvalue weighted by molar-refractivity contribution is 6.31. The maximum Gasteiger partial charge on any atom is 0.307 e. The van der Waals surface area contributed by atoms with Crippen LogP contribution in [0, 0.1) is 13.8 Å². The number of aromatic amines is 1. The number of ether oxygens (including phenoxy) is 1. The molecular weight excluding hydrogens is 338 g/mol. The van der Waals surface area contributed by atoms with Gasteiger partial charge in [0.05, 0.1) is 18.7 Å². The van der Waals surface area contributed by atoms with Crippen LogP contribution in [-0.4, -0.2) is 22.7 Å². The number of hydrogen-bond acceptors (Lipinski definition) is 2. The summed E-state index contributed by atoms with van der Waals surface area (Å²) in [6.07, 6.45) is -0.0731. The molecule has 0 fully saturated rings. The standard InChI is InChI=1S/C20H20ClNO3/c1-4-25-17-6-5-13(21)9-16(17)20-15(10-18(23)24)14-8-11(2)7-12(3)19(14)22-20/h5-9,22H,4,10H2,1-3H3,(H,23,24). The van der Waals surface area contributed by atoms with Gasteiger partial charge in [-0.1, -0.05) is 23.2 Å². The van der Waals surface area contributed by atoms with Crippen molar-refractivity contribution in [2.45, 2.75) is 27.2 Å². The number of benzene rings is 2. The second kappa shape index (κ2) is 6.81. The monoisotopic (exact) mass is 357 g/mol. The Kier molecular flexibility index (Phi) is 4.73. The minimum atomic E-state index is -0.874. The minimum absolute atomic E-state index is 0.0731. The predicted octanol–water partition coefficient (Wildman–Crippen LogP) is 5.13. The first-order valence-corrected chi connectivity index (χ1v) is 8.54. The first-order chi connectivity index (χ1) is 11.9. The van der Waals surface area contributed by atoms with Crippen LogP contribution in [0.4, 0.5) is 0 Å². The largest absolute Gasteiger partial charge is 0.493 e. The molecule has 5 heteroatoms. The van der Waals surface area contributed by atoms with Crippen LogP contribution in [0.2, 0.25) is 5.02 Å². The van der Waals surface area contributed by atoms with Gasteiger partial charge < -0.3 is 14.8 Å². The summed E-state index contributed by atoms with van der Waals surface area (Å²) in [5.74, 6) is -0.194. The fourth-order valence-corrected chi connectivity index (χ4v) is 3.42. The Morgan fingerprint density at radius 2 is 2.00 bits per heavy atom. The first-order valence-electron chi connectivity index (χ1n) is 8.17. The van der Waals surface area contributed by atoms with Crippen LogP contribution in [0.1, 0.15) is 23.6 Å². The smallest absolute Gasteiger partial charge is 0.307 e. The summed E-state index contributed by atoms with van der Waals surface area (Å²) >= 11 is 6.19. The number of H-pyrrole nitrogens is 1. The van der Waals surface area contributed by atoms with Gasteiger partial charge in [0.25, 0.3) is 0 Å². The molecular formula is C20H20ClNO3. The summed E-state index contributed by atoms with van der Waals surface area (Å²) in [5, 5.41) is 10.9. The molecule has 0 radical (unpaired) electrons. The summed E-state index contributed by atoms with van der Waals surface area (Å²) in [7, 11) is 0. The van der Waals surface area contributed by atoms with Gasteiger partial charge in [0.1, 0.15) is 5.75 Å². The summed E-state index contributed by atoms with van der Waals surface area (Å²) in [6.45, 7) is 6.45. The number of carboxylic acid groups (broad SMARTS) is 1. The molecule has 0 amide bonds. The van der Waals surface area contributed by atoms with Gasteiger partial charge in [0, 0.05) is 21.5 Å². The fraction of sp³-hybridized carbons (Fsp3) is 0.250. The molecule has 2 aromatic carbocycles. The zero-order valence-electron chi connectivity index (χ0n) is 14.4. The maximum atomic E-state index is 11.5. The van der Waals surface area contributed by atoms with Crippen molar-refractivity contribution >= 4 is 28.5 Å². The molecule has 1 aromatic heterocycles. The number of aryl methyl sites for hydroxylation is 2. The van der Waals surface area contributed by atoms with Crippen molar-refractivity contribution in [3.63, 3.8) is 0 Å². The Hall–Kier alpha value is -2.46. The van der Waals surface area contributed by atoms with E-state index in [9.17, 15) is 9.90 Å². The van der Waals surface area contributed by atoms with Crippen molar-refractivity contribution in [2.75, 3.05) is 6.61 Å². The molecule has 0 spiro atoms. The lowest BCUT2D eigenvalue weighted by atomic mass is 10.00. The van der Waals surface area contributed by atoms with Gasteiger partial charge in [-0.05, 0) is 56.2 Å². The van der Waals surface area contributed by atoms with E-state index in [2.05, 4.69) is 11.1 Å². The Morgan fingerprint density at radius 1 is 1.24 bits per heavy atom. The van der Waals surface area contributed by atoms with E-state index in [-0.39, 0.29) is 6.42 Å². The van der Waals surface area contributed by atoms with E-state index in [4.69, 9.17) is 16.3 Å². The third-order valence-corrected chi connectivity index (χ3v) is 4.43. The molecule has 1 heterocycles. The number of carboxylic acids is 1. The normalized spacial score (nSPS) is 11.0. The Labute approximate surface area is 151 Å². The number of aliphatic carboxylic acids is 1. The highest BCUT2D eigenvalue weighted by Crippen LogP contribution is 2.38. The van der Waals surface area contributed by atoms with Crippen molar-refractivity contribution in [1.82, 2.24) is 4.98 Å². The lowest BCUT2D eigenvalue weighted by Gasteiger charge is -2.11. The molecule has 0 aliphatic rings. The molecule has 0 saturated carbocycles. The third-order valence-electron chi connectivity index (χ3n) is 4.20. The van der Waals surface area contributed by atoms with E-state index in [1.165, 1.54) is 0 Å². The van der Waals surface area contributed by atoms with Crippen molar-refractivity contribution in [2.24, 2.45) is 0 Å². The second-order valence-electron chi connectivity index (χ2n) is 6.13. The van der Waals surface area contributed by atoms with Crippen LogP contribution in [0.15, 0.2) is 30.3 Å². The highest BCUT2D eigenvalue weighted by Gasteiger charge is 2.20. The number of halogens is 1. The predicted molar refractivity (Wildman–Crippen MR) is 101 cm³/mol. The maximum absolute atomic E-state index is 11.5. The van der Waals surface area contributed by atoms with Gasteiger partial charge in [0.15, 0.2) is 0 Å². The van der Waals surface area contributed by atoms with E-state index in [1.54, 1.807) is 6.07 Å². The summed E-state index contributed by atoms with van der Waals surface area (Å²) in [5.41, 5.74) is 5.39. The second-order valence-corrected chi connectivity index (χ2v) is 6.56. The molecule has 0 unspecified atom stereocenters. The van der Waals surface area contributed by atoms with E-state index in [1.807, 2.05) is 39.0 Å². The molecule has 0 aliphatic heterocycles. The lowest BCUT2D eigenvalue weighted by Crippen LogP contribution is -2.02. The lowest BCUT2D eigenvalue weighted by molar-refractivity contribution is -0.136. The van der Waals surface area contributed by atoms with Crippen LogP contribution >= 0.6 is 11.6 Å². The topological polar surface area (TPSA) is 62.3 Å². The number of aromatic nitrogens is 1. The van der Waals surface area contributed by atoms with Crippen LogP contribution in [0.5, 0.6) is 5.75 Å². The van der Waals surface area contributed by atoms with E-state index in [0.29, 0.717) is 17.4 Å². The van der Waals surface area contributed by atoms with Gasteiger partial charge in [0.2, 0.25) is 0 Å². The molecule has 3 aromatic rings. The molecule has 0 aliphatic carbocycles. The number of nitrogens with one attached hydrogen (secondary N) is 1. The zero-order chi connectivity index (χ0) is 18.1. The van der Waals surface area contributed by atoms with E-state index >= 15 is 0 Å². The van der Waals surface area contributed by atoms with Gasteiger partial charge in [-0.2, -0.15) is 0 Å². The average Bonchev–Trinajstić information content (AvgIpc) is 2.87. The Balaban J connectivity index is 2.34. The fourth-order valence-electron chi connectivity index (χ4n) is 3.25. The van der Waals surface area contributed by atoms with Gasteiger partial charge >= 0.3 is 5.97 Å². The van der Waals surface area contributed by atoms with Gasteiger partial charge in [-0.15, -0.1) is 0 Å². The summed E-state index contributed by atoms with van der Waals surface area (Å²) in [6, 6.07) is 9.49. The van der Waals surface area contributed by atoms with Crippen LogP contribution in [0.3, 0.4) is 0 Å². The van der Waals surface area contributed by atoms with Crippen molar-refractivity contribution in [1.29, 1.82) is 0 Å². The molecule has 130 valence electrons. The molecule has 0 atom stereocenters. The minimum Gasteiger partial charge on any atom is -0.493 e. The SMILES string of the molecule is CCOc1ccc(Cl)cc1-c1[nH]c2c(C)cc(C)cc2c1CC(=O)O. The van der Waals surface area contributed by atoms with E-state index in [0.717, 1.165) is 38.9 Å². The molecule has 0 saturated heterocycles. The van der Waals surface area contributed by atoms with Gasteiger partial charge in [-0.25, -0.2) is 0 Å². The van der Waals surface area contributed by atoms with Crippen molar-refractivity contribution < 1.29 is 14.6 Å². The molecule has 2 N–H and O–H groups in total. The summed E-state index contributed by atoms with van der Waals surface area (Å²) in [4.78, 5) is 14.9. The highest BCUT2D eigenvalue weighted by atomic mass is 35.5. The average molecular weight is 358 g/mol. The van der Waals surface area contributed by atoms with Crippen molar-refractivity contribution in [3.05, 3.63) is 52.0 Å². The zero-order valence-corrected chi connectivity index (χ0v) is 15.2.